The van der Waals surface area contributed by atoms with Crippen LogP contribution in [-0.4, -0.2) is 52.2 Å². The molecule has 3 aliphatic rings. The molecule has 2 aromatic rings. The molecule has 2 aromatic heterocycles. The quantitative estimate of drug-likeness (QED) is 0.890. The summed E-state index contributed by atoms with van der Waals surface area (Å²) in [6.07, 6.45) is 6.74. The van der Waals surface area contributed by atoms with Crippen LogP contribution in [0, 0.1) is 5.92 Å². The molecule has 1 N–H and O–H groups in total. The number of aromatic nitrogens is 3. The maximum Gasteiger partial charge on any atom is 0.292 e. The summed E-state index contributed by atoms with van der Waals surface area (Å²) in [6.45, 7) is 3.24. The van der Waals surface area contributed by atoms with E-state index in [-0.39, 0.29) is 17.1 Å². The number of carbonyl (C=O) groups excluding carboxylic acids is 1. The van der Waals surface area contributed by atoms with Gasteiger partial charge in [-0.2, -0.15) is 0 Å². The number of hydrogen-bond donors (Lipinski definition) is 1. The van der Waals surface area contributed by atoms with Gasteiger partial charge in [-0.05, 0) is 25.2 Å². The molecular weight excluding hydrogens is 334 g/mol. The number of nitrogens with zero attached hydrogens (tertiary/aromatic N) is 4. The predicted molar refractivity (Wildman–Crippen MR) is 91.6 cm³/mol. The van der Waals surface area contributed by atoms with Crippen LogP contribution < -0.4 is 5.32 Å². The fourth-order valence-corrected chi connectivity index (χ4v) is 3.88. The van der Waals surface area contributed by atoms with E-state index >= 15 is 0 Å². The first-order valence-corrected chi connectivity index (χ1v) is 9.11. The van der Waals surface area contributed by atoms with Gasteiger partial charge >= 0.3 is 0 Å². The zero-order valence-corrected chi connectivity index (χ0v) is 14.5. The molecule has 0 bridgehead atoms. The molecule has 0 aromatic carbocycles. The Morgan fingerprint density at radius 3 is 3.15 bits per heavy atom. The second kappa shape index (κ2) is 6.05. The van der Waals surface area contributed by atoms with Crippen molar-refractivity contribution < 1.29 is 14.1 Å². The molecule has 5 rings (SSSR count). The monoisotopic (exact) mass is 355 g/mol. The molecule has 136 valence electrons. The van der Waals surface area contributed by atoms with E-state index < -0.39 is 0 Å². The van der Waals surface area contributed by atoms with Crippen molar-refractivity contribution in [1.82, 2.24) is 20.0 Å². The predicted octanol–water partition coefficient (Wildman–Crippen LogP) is 1.60. The largest absolute Gasteiger partial charge is 0.376 e. The Hall–Kier alpha value is -2.48. The average molecular weight is 355 g/mol. The van der Waals surface area contributed by atoms with Crippen molar-refractivity contribution in [2.45, 2.75) is 31.3 Å². The van der Waals surface area contributed by atoms with Crippen molar-refractivity contribution >= 4 is 11.9 Å². The minimum Gasteiger partial charge on any atom is -0.376 e. The molecule has 4 heterocycles. The number of likely N-dealkylation sites (tertiary alicyclic amines) is 1. The molecule has 1 amide bonds. The lowest BCUT2D eigenvalue weighted by molar-refractivity contribution is 0.0477. The van der Waals surface area contributed by atoms with Gasteiger partial charge in [0.2, 0.25) is 11.7 Å². The van der Waals surface area contributed by atoms with E-state index in [1.807, 2.05) is 6.20 Å². The number of rotatable bonds is 4. The first kappa shape index (κ1) is 15.7. The van der Waals surface area contributed by atoms with Gasteiger partial charge in [0, 0.05) is 37.5 Å². The van der Waals surface area contributed by atoms with Crippen molar-refractivity contribution in [3.8, 4) is 0 Å². The van der Waals surface area contributed by atoms with Gasteiger partial charge in [0.05, 0.1) is 30.5 Å². The lowest BCUT2D eigenvalue weighted by atomic mass is 9.80. The Labute approximate surface area is 150 Å². The molecule has 0 radical (unpaired) electrons. The normalized spacial score (nSPS) is 24.7. The Kier molecular flexibility index (Phi) is 3.66. The second-order valence-corrected chi connectivity index (χ2v) is 7.52. The van der Waals surface area contributed by atoms with Gasteiger partial charge in [0.15, 0.2) is 0 Å². The average Bonchev–Trinajstić information content (AvgIpc) is 3.16. The highest BCUT2D eigenvalue weighted by atomic mass is 16.5. The topological polar surface area (TPSA) is 93.4 Å². The lowest BCUT2D eigenvalue weighted by Gasteiger charge is -2.34. The third-order valence-corrected chi connectivity index (χ3v) is 5.54. The van der Waals surface area contributed by atoms with E-state index in [1.54, 1.807) is 11.0 Å². The van der Waals surface area contributed by atoms with Gasteiger partial charge in [0.1, 0.15) is 0 Å². The highest BCUT2D eigenvalue weighted by Gasteiger charge is 2.46. The van der Waals surface area contributed by atoms with E-state index in [1.165, 1.54) is 19.0 Å². The Morgan fingerprint density at radius 1 is 1.42 bits per heavy atom. The van der Waals surface area contributed by atoms with E-state index in [0.717, 1.165) is 30.1 Å². The fourth-order valence-electron chi connectivity index (χ4n) is 3.88. The van der Waals surface area contributed by atoms with Gasteiger partial charge in [-0.3, -0.25) is 4.79 Å². The van der Waals surface area contributed by atoms with Gasteiger partial charge < -0.3 is 19.5 Å². The minimum absolute atomic E-state index is 0.132. The SMILES string of the molecule is O=C(c1ccno1)N1CCC2(COCc3cnc(NCC4CC4)nc32)C1. The zero-order valence-electron chi connectivity index (χ0n) is 14.5. The second-order valence-electron chi connectivity index (χ2n) is 7.52. The summed E-state index contributed by atoms with van der Waals surface area (Å²) >= 11 is 0. The summed E-state index contributed by atoms with van der Waals surface area (Å²) in [5.74, 6) is 1.58. The molecule has 1 saturated carbocycles. The zero-order chi connectivity index (χ0) is 17.6. The van der Waals surface area contributed by atoms with Gasteiger partial charge in [-0.1, -0.05) is 5.16 Å². The Bertz CT molecular complexity index is 820. The number of amides is 1. The van der Waals surface area contributed by atoms with Crippen molar-refractivity contribution in [2.75, 3.05) is 31.6 Å². The van der Waals surface area contributed by atoms with E-state index in [0.29, 0.717) is 32.3 Å². The van der Waals surface area contributed by atoms with E-state index in [2.05, 4.69) is 15.5 Å². The first-order valence-electron chi connectivity index (χ1n) is 9.11. The summed E-state index contributed by atoms with van der Waals surface area (Å²) in [5, 5.41) is 6.98. The van der Waals surface area contributed by atoms with Gasteiger partial charge in [-0.25, -0.2) is 9.97 Å². The van der Waals surface area contributed by atoms with E-state index in [4.69, 9.17) is 14.2 Å². The highest BCUT2D eigenvalue weighted by molar-refractivity contribution is 5.91. The number of fused-ring (bicyclic) bond motifs is 2. The molecule has 8 heteroatoms. The van der Waals surface area contributed by atoms with Gasteiger partial charge in [-0.15, -0.1) is 0 Å². The number of nitrogens with one attached hydrogen (secondary N) is 1. The molecular formula is C18H21N5O3. The molecule has 8 nitrogen and oxygen atoms in total. The molecule has 1 unspecified atom stereocenters. The third kappa shape index (κ3) is 2.74. The maximum atomic E-state index is 12.6. The Morgan fingerprint density at radius 2 is 2.35 bits per heavy atom. The maximum absolute atomic E-state index is 12.6. The van der Waals surface area contributed by atoms with Crippen LogP contribution in [0.4, 0.5) is 5.95 Å². The molecule has 1 atom stereocenters. The highest BCUT2D eigenvalue weighted by Crippen LogP contribution is 2.39. The third-order valence-electron chi connectivity index (χ3n) is 5.54. The van der Waals surface area contributed by atoms with Crippen LogP contribution in [0.1, 0.15) is 41.1 Å². The number of hydrogen-bond acceptors (Lipinski definition) is 7. The first-order chi connectivity index (χ1) is 12.7. The molecule has 1 saturated heterocycles. The van der Waals surface area contributed by atoms with Crippen LogP contribution in [-0.2, 0) is 16.8 Å². The van der Waals surface area contributed by atoms with Crippen LogP contribution in [0.5, 0.6) is 0 Å². The summed E-state index contributed by atoms with van der Waals surface area (Å²) < 4.78 is 10.9. The number of carbonyl (C=O) groups is 1. The van der Waals surface area contributed by atoms with E-state index in [9.17, 15) is 4.79 Å². The van der Waals surface area contributed by atoms with Crippen molar-refractivity contribution in [1.29, 1.82) is 0 Å². The minimum atomic E-state index is -0.276. The lowest BCUT2D eigenvalue weighted by Crippen LogP contribution is -2.41. The van der Waals surface area contributed by atoms with Crippen molar-refractivity contribution in [2.24, 2.45) is 5.92 Å². The molecule has 2 aliphatic heterocycles. The summed E-state index contributed by atoms with van der Waals surface area (Å²) in [5.41, 5.74) is 1.76. The number of anilines is 1. The molecule has 1 aliphatic carbocycles. The standard InChI is InChI=1S/C18H21N5O3/c24-16(14-3-5-21-26-14)23-6-4-18(10-23)11-25-9-13-8-20-17(22-15(13)18)19-7-12-1-2-12/h3,5,8,12H,1-2,4,6-7,9-11H2,(H,19,20,22). The summed E-state index contributed by atoms with van der Waals surface area (Å²) in [7, 11) is 0. The van der Waals surface area contributed by atoms with Crippen LogP contribution in [0.25, 0.3) is 0 Å². The van der Waals surface area contributed by atoms with Crippen LogP contribution in [0.15, 0.2) is 23.0 Å². The molecule has 26 heavy (non-hydrogen) atoms. The van der Waals surface area contributed by atoms with Crippen molar-refractivity contribution in [3.05, 3.63) is 35.5 Å². The smallest absolute Gasteiger partial charge is 0.292 e. The Balaban J connectivity index is 1.39. The van der Waals surface area contributed by atoms with Crippen molar-refractivity contribution in [3.63, 3.8) is 0 Å². The molecule has 2 fully saturated rings. The van der Waals surface area contributed by atoms with Gasteiger partial charge in [0.25, 0.3) is 5.91 Å². The van der Waals surface area contributed by atoms with Crippen LogP contribution in [0.3, 0.4) is 0 Å². The van der Waals surface area contributed by atoms with Crippen LogP contribution >= 0.6 is 0 Å². The summed E-state index contributed by atoms with van der Waals surface area (Å²) in [6, 6.07) is 1.60. The molecule has 1 spiro atoms. The summed E-state index contributed by atoms with van der Waals surface area (Å²) in [4.78, 5) is 23.7. The van der Waals surface area contributed by atoms with Crippen LogP contribution in [0.2, 0.25) is 0 Å². The number of ether oxygens (including phenoxy) is 1. The fraction of sp³-hybridized carbons (Fsp3) is 0.556.